The van der Waals surface area contributed by atoms with Crippen LogP contribution < -0.4 is 0 Å². The van der Waals surface area contributed by atoms with E-state index in [0.29, 0.717) is 5.56 Å². The summed E-state index contributed by atoms with van der Waals surface area (Å²) in [5, 5.41) is 18.9. The highest BCUT2D eigenvalue weighted by Crippen LogP contribution is 2.28. The third-order valence-corrected chi connectivity index (χ3v) is 7.34. The van der Waals surface area contributed by atoms with E-state index in [0.717, 1.165) is 18.8 Å². The third kappa shape index (κ3) is 24.5. The van der Waals surface area contributed by atoms with E-state index < -0.39 is 0 Å². The monoisotopic (exact) mass is 613 g/mol. The van der Waals surface area contributed by atoms with Crippen molar-refractivity contribution in [2.45, 2.75) is 136 Å². The Bertz CT molecular complexity index is 1410. The zero-order valence-electron chi connectivity index (χ0n) is 27.1. The molecule has 1 aromatic carbocycles. The molecule has 0 aliphatic heterocycles. The summed E-state index contributed by atoms with van der Waals surface area (Å²) in [4.78, 5) is 0. The minimum Gasteiger partial charge on any atom is -0.508 e. The van der Waals surface area contributed by atoms with E-state index in [1.165, 1.54) is 103 Å². The van der Waals surface area contributed by atoms with Crippen molar-refractivity contribution in [1.82, 2.24) is 0 Å². The highest BCUT2D eigenvalue weighted by Gasteiger charge is 2.19. The predicted molar refractivity (Wildman–Crippen MR) is 213 cm³/mol. The second-order valence-corrected chi connectivity index (χ2v) is 11.1. The molecule has 0 saturated heterocycles. The average molecular weight is 613 g/mol. The van der Waals surface area contributed by atoms with E-state index in [9.17, 15) is 10.2 Å². The van der Waals surface area contributed by atoms with Gasteiger partial charge in [0.15, 0.2) is 0 Å². The Balaban J connectivity index is -0.0000000503. The second-order valence-electron chi connectivity index (χ2n) is 11.1. The Morgan fingerprint density at radius 1 is 0.659 bits per heavy atom. The molecule has 2 unspecified atom stereocenters. The van der Waals surface area contributed by atoms with Gasteiger partial charge in [0, 0.05) is 24.1 Å². The summed E-state index contributed by atoms with van der Waals surface area (Å²) >= 11 is 0. The van der Waals surface area contributed by atoms with Gasteiger partial charge in [0.1, 0.15) is 5.75 Å². The maximum Gasteiger partial charge on any atom is 0.116 e. The van der Waals surface area contributed by atoms with E-state index >= 15 is 0 Å². The number of benzene rings is 1. The van der Waals surface area contributed by atoms with Crippen LogP contribution in [0.5, 0.6) is 5.75 Å². The zero-order valence-corrected chi connectivity index (χ0v) is 27.1. The lowest BCUT2D eigenvalue weighted by atomic mass is 9.84. The predicted octanol–water partition coefficient (Wildman–Crippen LogP) is 12.0. The molecule has 1 aromatic rings. The average Bonchev–Trinajstić information content (AvgIpc) is 3.02. The lowest BCUT2D eigenvalue weighted by molar-refractivity contribution is 0.0973. The van der Waals surface area contributed by atoms with E-state index in [-0.39, 0.29) is 30.4 Å². The number of aliphatic hydroxyl groups is 1. The Labute approximate surface area is 288 Å². The maximum atomic E-state index is 9.68. The molecule has 2 heteroatoms. The fraction of sp³-hybridized carbons (Fsp3) is 0.524. The molecular formula is C42H76O2. The summed E-state index contributed by atoms with van der Waals surface area (Å²) in [6, 6.07) is 6.62. The van der Waals surface area contributed by atoms with E-state index in [1.54, 1.807) is 31.2 Å². The summed E-state index contributed by atoms with van der Waals surface area (Å²) in [7, 11) is 0. The molecule has 0 heterocycles. The van der Waals surface area contributed by atoms with Crippen molar-refractivity contribution in [2.75, 3.05) is 0 Å². The van der Waals surface area contributed by atoms with E-state index in [2.05, 4.69) is 89.8 Å². The summed E-state index contributed by atoms with van der Waals surface area (Å²) < 4.78 is 0. The summed E-state index contributed by atoms with van der Waals surface area (Å²) in [5.74, 6) is 36.9. The molecule has 2 atom stereocenters. The van der Waals surface area contributed by atoms with Crippen LogP contribution in [0.1, 0.15) is 154 Å². The molecule has 1 aliphatic rings. The number of rotatable bonds is 14. The molecule has 0 aromatic heterocycles. The van der Waals surface area contributed by atoms with Gasteiger partial charge in [-0.2, -0.15) is 0 Å². The molecule has 256 valence electrons. The molecule has 0 amide bonds. The van der Waals surface area contributed by atoms with Crippen LogP contribution in [0.25, 0.3) is 0 Å². The van der Waals surface area contributed by atoms with Gasteiger partial charge in [0.2, 0.25) is 0 Å². The quantitative estimate of drug-likeness (QED) is 0.162. The fourth-order valence-electron chi connectivity index (χ4n) is 5.04. The van der Waals surface area contributed by atoms with Gasteiger partial charge >= 0.3 is 0 Å². The van der Waals surface area contributed by atoms with Gasteiger partial charge in [-0.1, -0.05) is 128 Å². The van der Waals surface area contributed by atoms with Crippen LogP contribution >= 0.6 is 0 Å². The first kappa shape index (κ1) is 37.9. The van der Waals surface area contributed by atoms with Crippen LogP contribution in [-0.4, -0.2) is 16.3 Å². The maximum absolute atomic E-state index is 9.68. The fourth-order valence-corrected chi connectivity index (χ4v) is 5.04. The van der Waals surface area contributed by atoms with Gasteiger partial charge < -0.3 is 10.2 Å². The minimum absolute atomic E-state index is 0. The highest BCUT2D eigenvalue weighted by atomic mass is 16.3. The van der Waals surface area contributed by atoms with Crippen LogP contribution in [0.4, 0.5) is 0 Å². The standard InChI is InChI=1S/C21H42O.C21H8O.13H2/c2*1-2-3-4-5-6-7-8-9-10-11-12-13-14-16-20-17-15-18-21(22)19-20;;;;;;;;;;;;;/h20-22H,2-19H2,1H3;15,17-19,22H,1H3;13*1H. The number of phenols is 1. The van der Waals surface area contributed by atoms with Gasteiger partial charge in [-0.3, -0.25) is 0 Å². The molecule has 0 spiro atoms. The third-order valence-electron chi connectivity index (χ3n) is 7.34. The molecule has 1 aliphatic carbocycles. The van der Waals surface area contributed by atoms with Gasteiger partial charge in [0.25, 0.3) is 0 Å². The van der Waals surface area contributed by atoms with Crippen molar-refractivity contribution >= 4 is 0 Å². The number of hydrogen-bond donors (Lipinski definition) is 2. The molecule has 0 bridgehead atoms. The van der Waals surface area contributed by atoms with Crippen molar-refractivity contribution in [1.29, 1.82) is 0 Å². The molecule has 2 N–H and O–H groups in total. The highest BCUT2D eigenvalue weighted by molar-refractivity contribution is 5.47. The van der Waals surface area contributed by atoms with Crippen molar-refractivity contribution in [2.24, 2.45) is 5.92 Å². The van der Waals surface area contributed by atoms with Crippen molar-refractivity contribution in [3.63, 3.8) is 0 Å². The number of phenolic OH excluding ortho intramolecular Hbond substituents is 1. The first-order valence-electron chi connectivity index (χ1n) is 16.6. The zero-order chi connectivity index (χ0) is 31.8. The van der Waals surface area contributed by atoms with Crippen LogP contribution in [0, 0.1) is 88.8 Å². The molecule has 44 heavy (non-hydrogen) atoms. The van der Waals surface area contributed by atoms with Crippen LogP contribution in [0.2, 0.25) is 0 Å². The second kappa shape index (κ2) is 29.0. The number of unbranched alkanes of at least 4 members (excludes halogenated alkanes) is 12. The molecular weight excluding hydrogens is 536 g/mol. The first-order valence-corrected chi connectivity index (χ1v) is 16.6. The summed E-state index contributed by atoms with van der Waals surface area (Å²) in [5.41, 5.74) is 0.686. The number of hydrogen-bond acceptors (Lipinski definition) is 2. The van der Waals surface area contributed by atoms with Gasteiger partial charge in [-0.15, -0.1) is 0 Å². The van der Waals surface area contributed by atoms with Crippen LogP contribution in [-0.2, 0) is 0 Å². The minimum atomic E-state index is 0. The van der Waals surface area contributed by atoms with Gasteiger partial charge in [0.05, 0.1) is 6.10 Å². The Hall–Kier alpha value is -4.10. The lowest BCUT2D eigenvalue weighted by Crippen LogP contribution is -2.19. The van der Waals surface area contributed by atoms with Gasteiger partial charge in [-0.25, -0.2) is 0 Å². The van der Waals surface area contributed by atoms with Crippen LogP contribution in [0.15, 0.2) is 24.3 Å². The van der Waals surface area contributed by atoms with Gasteiger partial charge in [-0.05, 0) is 115 Å². The largest absolute Gasteiger partial charge is 0.508 e. The topological polar surface area (TPSA) is 40.5 Å². The number of aliphatic hydroxyl groups excluding tert-OH is 1. The first-order chi connectivity index (χ1) is 21.7. The molecule has 1 saturated carbocycles. The SMILES string of the molecule is CC#CC#CC#CC#CC#CC#CC#Cc1cccc(O)c1.CCCCCCCCCCCCCCCC1CCCC(O)C1.[HH].[HH].[HH].[HH].[HH].[HH].[HH].[HH].[HH].[HH].[HH].[HH].[HH]. The summed E-state index contributed by atoms with van der Waals surface area (Å²) in [6.07, 6.45) is 24.9. The van der Waals surface area contributed by atoms with Crippen molar-refractivity contribution < 1.29 is 28.8 Å². The Kier molecular flexibility index (Phi) is 25.0. The Morgan fingerprint density at radius 3 is 1.66 bits per heavy atom. The van der Waals surface area contributed by atoms with E-state index in [1.807, 2.05) is 0 Å². The smallest absolute Gasteiger partial charge is 0.116 e. The molecule has 2 rings (SSSR count). The van der Waals surface area contributed by atoms with Crippen molar-refractivity contribution in [3.05, 3.63) is 29.8 Å². The Morgan fingerprint density at radius 2 is 1.16 bits per heavy atom. The normalized spacial score (nSPS) is 14.0. The summed E-state index contributed by atoms with van der Waals surface area (Å²) in [6.45, 7) is 3.99. The lowest BCUT2D eigenvalue weighted by Gasteiger charge is -2.25. The number of aromatic hydroxyl groups is 1. The van der Waals surface area contributed by atoms with Crippen molar-refractivity contribution in [3.8, 4) is 88.6 Å². The molecule has 0 radical (unpaired) electrons. The van der Waals surface area contributed by atoms with E-state index in [4.69, 9.17) is 0 Å². The van der Waals surface area contributed by atoms with Crippen LogP contribution in [0.3, 0.4) is 0 Å². The molecule has 1 fully saturated rings. The molecule has 2 nitrogen and oxygen atoms in total.